The highest BCUT2D eigenvalue weighted by Crippen LogP contribution is 2.21. The third-order valence-electron chi connectivity index (χ3n) is 4.07. The molecule has 2 heterocycles. The molecular weight excluding hydrogens is 236 g/mol. The average molecular weight is 264 g/mol. The minimum absolute atomic E-state index is 0.495. The van der Waals surface area contributed by atoms with Crippen LogP contribution < -0.4 is 5.32 Å². The second-order valence-electron chi connectivity index (χ2n) is 6.07. The van der Waals surface area contributed by atoms with E-state index in [2.05, 4.69) is 37.1 Å². The summed E-state index contributed by atoms with van der Waals surface area (Å²) in [5.41, 5.74) is 1.35. The Morgan fingerprint density at radius 3 is 3.00 bits per heavy atom. The summed E-state index contributed by atoms with van der Waals surface area (Å²) in [4.78, 5) is 2.61. The van der Waals surface area contributed by atoms with Gasteiger partial charge in [-0.2, -0.15) is 0 Å². The molecular formula is C16H28N2O. The van der Waals surface area contributed by atoms with Gasteiger partial charge in [-0.1, -0.05) is 26.7 Å². The molecule has 0 amide bonds. The van der Waals surface area contributed by atoms with E-state index in [1.807, 2.05) is 6.26 Å². The number of likely N-dealkylation sites (tertiary alicyclic amines) is 1. The van der Waals surface area contributed by atoms with Gasteiger partial charge in [-0.15, -0.1) is 0 Å². The fourth-order valence-electron chi connectivity index (χ4n) is 2.75. The van der Waals surface area contributed by atoms with Crippen LogP contribution in [0.5, 0.6) is 0 Å². The van der Waals surface area contributed by atoms with Crippen LogP contribution in [-0.2, 0) is 13.1 Å². The first-order valence-corrected chi connectivity index (χ1v) is 7.69. The van der Waals surface area contributed by atoms with Crippen LogP contribution in [0.3, 0.4) is 0 Å². The van der Waals surface area contributed by atoms with Crippen molar-refractivity contribution in [2.45, 2.75) is 71.6 Å². The summed E-state index contributed by atoms with van der Waals surface area (Å²) in [5, 5.41) is 3.44. The Morgan fingerprint density at radius 2 is 2.21 bits per heavy atom. The topological polar surface area (TPSA) is 28.4 Å². The maximum Gasteiger partial charge on any atom is 0.122 e. The fraction of sp³-hybridized carbons (Fsp3) is 0.750. The number of nitrogens with one attached hydrogen (secondary N) is 1. The largest absolute Gasteiger partial charge is 0.468 e. The van der Waals surface area contributed by atoms with Crippen molar-refractivity contribution in [3.63, 3.8) is 0 Å². The molecule has 19 heavy (non-hydrogen) atoms. The molecule has 1 unspecified atom stereocenters. The van der Waals surface area contributed by atoms with Crippen LogP contribution in [0.25, 0.3) is 0 Å². The van der Waals surface area contributed by atoms with Gasteiger partial charge in [0, 0.05) is 24.2 Å². The first kappa shape index (κ1) is 14.6. The van der Waals surface area contributed by atoms with E-state index in [0.29, 0.717) is 12.1 Å². The molecule has 1 fully saturated rings. The molecule has 0 saturated carbocycles. The monoisotopic (exact) mass is 264 g/mol. The molecule has 1 atom stereocenters. The van der Waals surface area contributed by atoms with Crippen LogP contribution in [0.2, 0.25) is 0 Å². The van der Waals surface area contributed by atoms with Crippen LogP contribution in [0, 0.1) is 0 Å². The Bertz CT molecular complexity index is 373. The SMILES string of the molecule is CC(C)NCc1occc1CN1CCCCCC1C. The Labute approximate surface area is 117 Å². The van der Waals surface area contributed by atoms with Gasteiger partial charge in [0.2, 0.25) is 0 Å². The van der Waals surface area contributed by atoms with Crippen LogP contribution in [-0.4, -0.2) is 23.5 Å². The summed E-state index contributed by atoms with van der Waals surface area (Å²) in [5.74, 6) is 1.10. The van der Waals surface area contributed by atoms with E-state index in [4.69, 9.17) is 4.42 Å². The second kappa shape index (κ2) is 7.11. The zero-order valence-electron chi connectivity index (χ0n) is 12.6. The number of hydrogen-bond donors (Lipinski definition) is 1. The smallest absolute Gasteiger partial charge is 0.122 e. The van der Waals surface area contributed by atoms with Gasteiger partial charge in [0.1, 0.15) is 5.76 Å². The molecule has 0 spiro atoms. The van der Waals surface area contributed by atoms with E-state index in [9.17, 15) is 0 Å². The molecule has 3 heteroatoms. The van der Waals surface area contributed by atoms with E-state index < -0.39 is 0 Å². The van der Waals surface area contributed by atoms with Crippen molar-refractivity contribution in [2.24, 2.45) is 0 Å². The summed E-state index contributed by atoms with van der Waals surface area (Å²) in [7, 11) is 0. The standard InChI is InChI=1S/C16H28N2O/c1-13(2)17-11-16-15(8-10-19-16)12-18-9-6-4-5-7-14(18)3/h8,10,13-14,17H,4-7,9,11-12H2,1-3H3. The lowest BCUT2D eigenvalue weighted by Gasteiger charge is -2.26. The summed E-state index contributed by atoms with van der Waals surface area (Å²) in [6.07, 6.45) is 7.26. The maximum atomic E-state index is 5.63. The van der Waals surface area contributed by atoms with Crippen molar-refractivity contribution in [2.75, 3.05) is 6.54 Å². The fourth-order valence-corrected chi connectivity index (χ4v) is 2.75. The predicted octanol–water partition coefficient (Wildman–Crippen LogP) is 3.54. The summed E-state index contributed by atoms with van der Waals surface area (Å²) in [6, 6.07) is 3.33. The Hall–Kier alpha value is -0.800. The highest BCUT2D eigenvalue weighted by molar-refractivity contribution is 5.17. The molecule has 1 N–H and O–H groups in total. The number of furan rings is 1. The highest BCUT2D eigenvalue weighted by atomic mass is 16.3. The van der Waals surface area contributed by atoms with Crippen LogP contribution in [0.4, 0.5) is 0 Å². The van der Waals surface area contributed by atoms with Gasteiger partial charge in [0.25, 0.3) is 0 Å². The maximum absolute atomic E-state index is 5.63. The van der Waals surface area contributed by atoms with Crippen LogP contribution >= 0.6 is 0 Å². The number of hydrogen-bond acceptors (Lipinski definition) is 3. The number of nitrogens with zero attached hydrogens (tertiary/aromatic N) is 1. The molecule has 108 valence electrons. The quantitative estimate of drug-likeness (QED) is 0.881. The third kappa shape index (κ3) is 4.36. The summed E-state index contributed by atoms with van der Waals surface area (Å²) in [6.45, 7) is 9.79. The van der Waals surface area contributed by atoms with Crippen molar-refractivity contribution in [3.05, 3.63) is 23.7 Å². The molecule has 1 aromatic rings. The van der Waals surface area contributed by atoms with Gasteiger partial charge in [-0.25, -0.2) is 0 Å². The van der Waals surface area contributed by atoms with Crippen LogP contribution in [0.15, 0.2) is 16.7 Å². The average Bonchev–Trinajstić information content (AvgIpc) is 2.71. The van der Waals surface area contributed by atoms with Crippen molar-refractivity contribution in [3.8, 4) is 0 Å². The molecule has 0 aliphatic carbocycles. The molecule has 3 nitrogen and oxygen atoms in total. The molecule has 1 saturated heterocycles. The van der Waals surface area contributed by atoms with E-state index >= 15 is 0 Å². The van der Waals surface area contributed by atoms with Gasteiger partial charge in [0.05, 0.1) is 12.8 Å². The van der Waals surface area contributed by atoms with E-state index in [1.54, 1.807) is 0 Å². The number of rotatable bonds is 5. The zero-order chi connectivity index (χ0) is 13.7. The van der Waals surface area contributed by atoms with E-state index in [-0.39, 0.29) is 0 Å². The van der Waals surface area contributed by atoms with Crippen molar-refractivity contribution in [1.82, 2.24) is 10.2 Å². The third-order valence-corrected chi connectivity index (χ3v) is 4.07. The van der Waals surface area contributed by atoms with Gasteiger partial charge in [0.15, 0.2) is 0 Å². The minimum Gasteiger partial charge on any atom is -0.468 e. The predicted molar refractivity (Wildman–Crippen MR) is 79.0 cm³/mol. The van der Waals surface area contributed by atoms with Gasteiger partial charge in [-0.05, 0) is 32.4 Å². The van der Waals surface area contributed by atoms with E-state index in [0.717, 1.165) is 18.8 Å². The normalized spacial score (nSPS) is 21.8. The molecule has 1 aliphatic heterocycles. The van der Waals surface area contributed by atoms with Gasteiger partial charge >= 0.3 is 0 Å². The summed E-state index contributed by atoms with van der Waals surface area (Å²) >= 11 is 0. The minimum atomic E-state index is 0.495. The highest BCUT2D eigenvalue weighted by Gasteiger charge is 2.19. The van der Waals surface area contributed by atoms with Crippen LogP contribution in [0.1, 0.15) is 57.8 Å². The lowest BCUT2D eigenvalue weighted by molar-refractivity contribution is 0.203. The lowest BCUT2D eigenvalue weighted by Crippen LogP contribution is -2.32. The summed E-state index contributed by atoms with van der Waals surface area (Å²) < 4.78 is 5.63. The zero-order valence-corrected chi connectivity index (χ0v) is 12.6. The molecule has 1 aliphatic rings. The van der Waals surface area contributed by atoms with Crippen molar-refractivity contribution < 1.29 is 4.42 Å². The molecule has 0 bridgehead atoms. The lowest BCUT2D eigenvalue weighted by atomic mass is 10.1. The van der Waals surface area contributed by atoms with Gasteiger partial charge in [-0.3, -0.25) is 4.90 Å². The Morgan fingerprint density at radius 1 is 1.37 bits per heavy atom. The molecule has 2 rings (SSSR count). The first-order chi connectivity index (χ1) is 9.16. The first-order valence-electron chi connectivity index (χ1n) is 7.69. The Balaban J connectivity index is 1.95. The molecule has 1 aromatic heterocycles. The van der Waals surface area contributed by atoms with E-state index in [1.165, 1.54) is 37.8 Å². The Kier molecular flexibility index (Phi) is 5.46. The van der Waals surface area contributed by atoms with Gasteiger partial charge < -0.3 is 9.73 Å². The molecule has 0 aromatic carbocycles. The second-order valence-corrected chi connectivity index (χ2v) is 6.07. The van der Waals surface area contributed by atoms with Crippen molar-refractivity contribution in [1.29, 1.82) is 0 Å². The van der Waals surface area contributed by atoms with Crippen molar-refractivity contribution >= 4 is 0 Å². The molecule has 0 radical (unpaired) electrons.